The van der Waals surface area contributed by atoms with Gasteiger partial charge >= 0.3 is 0 Å². The van der Waals surface area contributed by atoms with Gasteiger partial charge in [-0.05, 0) is 43.0 Å². The van der Waals surface area contributed by atoms with Crippen LogP contribution in [0.1, 0.15) is 17.4 Å². The smallest absolute Gasteiger partial charge is 0.265 e. The molecule has 1 saturated heterocycles. The molecule has 4 rings (SSSR count). The molecule has 1 N–H and O–H groups in total. The molecule has 31 heavy (non-hydrogen) atoms. The van der Waals surface area contributed by atoms with Crippen molar-refractivity contribution >= 4 is 44.9 Å². The second kappa shape index (κ2) is 8.45. The van der Waals surface area contributed by atoms with Gasteiger partial charge in [-0.2, -0.15) is 4.31 Å². The van der Waals surface area contributed by atoms with Gasteiger partial charge in [0.1, 0.15) is 5.75 Å². The van der Waals surface area contributed by atoms with E-state index in [0.29, 0.717) is 30.1 Å². The van der Waals surface area contributed by atoms with E-state index in [-0.39, 0.29) is 29.8 Å². The van der Waals surface area contributed by atoms with Gasteiger partial charge in [-0.3, -0.25) is 9.59 Å². The predicted octanol–water partition coefficient (Wildman–Crippen LogP) is 2.32. The van der Waals surface area contributed by atoms with Crippen LogP contribution >= 0.6 is 11.3 Å². The lowest BCUT2D eigenvalue weighted by atomic mass is 10.1. The molecular formula is C21H23N3O5S2. The zero-order chi connectivity index (χ0) is 22.2. The van der Waals surface area contributed by atoms with E-state index in [4.69, 9.17) is 4.74 Å². The number of rotatable bonds is 4. The molecule has 10 heteroatoms. The average molecular weight is 462 g/mol. The molecule has 2 aliphatic rings. The number of thiophene rings is 1. The van der Waals surface area contributed by atoms with Crippen molar-refractivity contribution in [3.05, 3.63) is 46.2 Å². The predicted molar refractivity (Wildman–Crippen MR) is 119 cm³/mol. The molecule has 0 spiro atoms. The third kappa shape index (κ3) is 4.36. The van der Waals surface area contributed by atoms with Crippen molar-refractivity contribution in [1.82, 2.24) is 9.21 Å². The van der Waals surface area contributed by atoms with Crippen molar-refractivity contribution in [2.24, 2.45) is 0 Å². The highest BCUT2D eigenvalue weighted by Gasteiger charge is 2.33. The fraction of sp³-hybridized carbons (Fsp3) is 0.333. The van der Waals surface area contributed by atoms with E-state index >= 15 is 0 Å². The largest absolute Gasteiger partial charge is 0.479 e. The van der Waals surface area contributed by atoms with Crippen LogP contribution in [-0.2, 0) is 19.6 Å². The van der Waals surface area contributed by atoms with Crippen LogP contribution < -0.4 is 10.1 Å². The zero-order valence-corrected chi connectivity index (χ0v) is 18.8. The van der Waals surface area contributed by atoms with Crippen LogP contribution in [0.25, 0.3) is 6.08 Å². The molecule has 0 bridgehead atoms. The summed E-state index contributed by atoms with van der Waals surface area (Å²) in [4.78, 5) is 27.0. The quantitative estimate of drug-likeness (QED) is 0.705. The molecule has 2 aliphatic heterocycles. The summed E-state index contributed by atoms with van der Waals surface area (Å²) >= 11 is 1.55. The fourth-order valence-corrected chi connectivity index (χ4v) is 5.82. The number of ether oxygens (including phenoxy) is 1. The lowest BCUT2D eigenvalue weighted by Gasteiger charge is -2.34. The van der Waals surface area contributed by atoms with Crippen molar-refractivity contribution < 1.29 is 22.7 Å². The standard InChI is InChI=1S/C21H23N3O5S2/c1-14-12-17-18(29-15(2)21(26)22-17)13-19(14)31(27,28)24-9-7-23(8-10-24)20(25)6-5-16-4-3-11-30-16/h3-6,11-13,15H,7-10H2,1-2H3,(H,22,26)/b6-5+/t15-/m0/s1. The lowest BCUT2D eigenvalue weighted by Crippen LogP contribution is -2.50. The van der Waals surface area contributed by atoms with Gasteiger partial charge in [-0.25, -0.2) is 8.42 Å². The maximum atomic E-state index is 13.3. The summed E-state index contributed by atoms with van der Waals surface area (Å²) in [6.07, 6.45) is 2.60. The number of anilines is 1. The number of fused-ring (bicyclic) bond motifs is 1. The highest BCUT2D eigenvalue weighted by molar-refractivity contribution is 7.89. The first-order chi connectivity index (χ1) is 14.8. The minimum atomic E-state index is -3.77. The van der Waals surface area contributed by atoms with E-state index < -0.39 is 16.1 Å². The number of sulfonamides is 1. The van der Waals surface area contributed by atoms with Crippen LogP contribution in [0.3, 0.4) is 0 Å². The normalized spacial score (nSPS) is 19.7. The van der Waals surface area contributed by atoms with E-state index in [1.807, 2.05) is 17.5 Å². The van der Waals surface area contributed by atoms with Crippen molar-refractivity contribution in [3.63, 3.8) is 0 Å². The first-order valence-electron chi connectivity index (χ1n) is 9.88. The first-order valence-corrected chi connectivity index (χ1v) is 12.2. The van der Waals surface area contributed by atoms with Gasteiger partial charge in [-0.15, -0.1) is 11.3 Å². The number of amides is 2. The number of hydrogen-bond acceptors (Lipinski definition) is 6. The summed E-state index contributed by atoms with van der Waals surface area (Å²) in [6, 6.07) is 6.93. The molecule has 1 atom stereocenters. The van der Waals surface area contributed by atoms with E-state index in [9.17, 15) is 18.0 Å². The molecule has 0 aliphatic carbocycles. The zero-order valence-electron chi connectivity index (χ0n) is 17.2. The maximum Gasteiger partial charge on any atom is 0.265 e. The van der Waals surface area contributed by atoms with Crippen LogP contribution in [0.15, 0.2) is 40.6 Å². The molecule has 1 fully saturated rings. The Kier molecular flexibility index (Phi) is 5.87. The number of piperazine rings is 1. The third-order valence-corrected chi connectivity index (χ3v) is 8.19. The summed E-state index contributed by atoms with van der Waals surface area (Å²) in [6.45, 7) is 4.36. The van der Waals surface area contributed by atoms with Gasteiger partial charge in [0.15, 0.2) is 6.10 Å². The van der Waals surface area contributed by atoms with Crippen molar-refractivity contribution in [2.45, 2.75) is 24.8 Å². The van der Waals surface area contributed by atoms with Crippen molar-refractivity contribution in [2.75, 3.05) is 31.5 Å². The minimum Gasteiger partial charge on any atom is -0.479 e. The second-order valence-corrected chi connectivity index (χ2v) is 10.3. The molecule has 2 amide bonds. The molecule has 0 radical (unpaired) electrons. The molecule has 0 saturated carbocycles. The molecule has 8 nitrogen and oxygen atoms in total. The Morgan fingerprint density at radius 1 is 1.26 bits per heavy atom. The van der Waals surface area contributed by atoms with E-state index in [0.717, 1.165) is 4.88 Å². The number of nitrogens with zero attached hydrogens (tertiary/aromatic N) is 2. The Balaban J connectivity index is 1.46. The number of nitrogens with one attached hydrogen (secondary N) is 1. The molecule has 2 aromatic rings. The minimum absolute atomic E-state index is 0.131. The molecular weight excluding hydrogens is 438 g/mol. The summed E-state index contributed by atoms with van der Waals surface area (Å²) < 4.78 is 33.5. The van der Waals surface area contributed by atoms with Crippen LogP contribution in [0.4, 0.5) is 5.69 Å². The summed E-state index contributed by atoms with van der Waals surface area (Å²) in [5, 5.41) is 4.67. The van der Waals surface area contributed by atoms with E-state index in [2.05, 4.69) is 5.32 Å². The molecule has 164 valence electrons. The maximum absolute atomic E-state index is 13.3. The highest BCUT2D eigenvalue weighted by atomic mass is 32.2. The number of carbonyl (C=O) groups excluding carboxylic acids is 2. The second-order valence-electron chi connectivity index (χ2n) is 7.44. The van der Waals surface area contributed by atoms with Crippen LogP contribution in [0, 0.1) is 6.92 Å². The van der Waals surface area contributed by atoms with Gasteiger partial charge in [0, 0.05) is 43.2 Å². The summed E-state index contributed by atoms with van der Waals surface area (Å²) in [7, 11) is -3.77. The van der Waals surface area contributed by atoms with Gasteiger partial charge in [0.2, 0.25) is 15.9 Å². The number of carbonyl (C=O) groups is 2. The van der Waals surface area contributed by atoms with Crippen LogP contribution in [-0.4, -0.2) is 61.7 Å². The Morgan fingerprint density at radius 3 is 2.68 bits per heavy atom. The third-order valence-electron chi connectivity index (χ3n) is 5.31. The number of hydrogen-bond donors (Lipinski definition) is 1. The van der Waals surface area contributed by atoms with Crippen molar-refractivity contribution in [3.8, 4) is 5.75 Å². The molecule has 0 unspecified atom stereocenters. The highest BCUT2D eigenvalue weighted by Crippen LogP contribution is 2.35. The topological polar surface area (TPSA) is 96.0 Å². The van der Waals surface area contributed by atoms with E-state index in [1.54, 1.807) is 42.2 Å². The average Bonchev–Trinajstić information content (AvgIpc) is 3.26. The molecule has 1 aromatic heterocycles. The lowest BCUT2D eigenvalue weighted by molar-refractivity contribution is -0.127. The fourth-order valence-electron chi connectivity index (χ4n) is 3.55. The van der Waals surface area contributed by atoms with Gasteiger partial charge in [-0.1, -0.05) is 6.07 Å². The Bertz CT molecular complexity index is 1130. The van der Waals surface area contributed by atoms with Gasteiger partial charge < -0.3 is 15.0 Å². The number of benzene rings is 1. The SMILES string of the molecule is Cc1cc2c(cc1S(=O)(=O)N1CCN(C(=O)/C=C/c3cccs3)CC1)O[C@@H](C)C(=O)N2. The monoisotopic (exact) mass is 461 g/mol. The van der Waals surface area contributed by atoms with Crippen LogP contribution in [0.2, 0.25) is 0 Å². The Hall–Kier alpha value is -2.69. The van der Waals surface area contributed by atoms with Crippen LogP contribution in [0.5, 0.6) is 5.75 Å². The molecule has 3 heterocycles. The molecule has 1 aromatic carbocycles. The van der Waals surface area contributed by atoms with E-state index in [1.165, 1.54) is 16.4 Å². The Morgan fingerprint density at radius 2 is 2.00 bits per heavy atom. The first kappa shape index (κ1) is 21.5. The van der Waals surface area contributed by atoms with Crippen molar-refractivity contribution in [1.29, 1.82) is 0 Å². The van der Waals surface area contributed by atoms with Gasteiger partial charge in [0.05, 0.1) is 10.6 Å². The summed E-state index contributed by atoms with van der Waals surface area (Å²) in [5.41, 5.74) is 0.988. The number of aryl methyl sites for hydroxylation is 1. The summed E-state index contributed by atoms with van der Waals surface area (Å²) in [5.74, 6) is -0.0613. The Labute approximate surface area is 185 Å². The van der Waals surface area contributed by atoms with Gasteiger partial charge in [0.25, 0.3) is 5.91 Å².